The van der Waals surface area contributed by atoms with Crippen molar-refractivity contribution in [1.29, 1.82) is 0 Å². The highest BCUT2D eigenvalue weighted by Crippen LogP contribution is 2.29. The van der Waals surface area contributed by atoms with Gasteiger partial charge < -0.3 is 10.2 Å². The van der Waals surface area contributed by atoms with E-state index in [2.05, 4.69) is 16.4 Å². The first kappa shape index (κ1) is 18.6. The van der Waals surface area contributed by atoms with Crippen LogP contribution in [-0.2, 0) is 13.0 Å². The highest BCUT2D eigenvalue weighted by molar-refractivity contribution is 6.30. The SMILES string of the molecule is O=C(c1cccc(NCc2cc3ccccc3nc2Cl)c1)N1CCc2ccccc21. The average Bonchev–Trinajstić information content (AvgIpc) is 3.21. The molecule has 1 N–H and O–H groups in total. The molecule has 0 saturated heterocycles. The number of benzene rings is 3. The molecule has 0 bridgehead atoms. The number of para-hydroxylation sites is 2. The predicted octanol–water partition coefficient (Wildman–Crippen LogP) is 5.70. The molecule has 0 saturated carbocycles. The predicted molar refractivity (Wildman–Crippen MR) is 122 cm³/mol. The molecule has 0 atom stereocenters. The number of carbonyl (C=O) groups excluding carboxylic acids is 1. The highest BCUT2D eigenvalue weighted by atomic mass is 35.5. The normalized spacial score (nSPS) is 12.8. The summed E-state index contributed by atoms with van der Waals surface area (Å²) in [6.45, 7) is 1.25. The van der Waals surface area contributed by atoms with Gasteiger partial charge in [-0.25, -0.2) is 4.98 Å². The largest absolute Gasteiger partial charge is 0.381 e. The smallest absolute Gasteiger partial charge is 0.258 e. The molecule has 1 aromatic heterocycles. The van der Waals surface area contributed by atoms with Gasteiger partial charge in [-0.3, -0.25) is 4.79 Å². The summed E-state index contributed by atoms with van der Waals surface area (Å²) < 4.78 is 0. The van der Waals surface area contributed by atoms with Gasteiger partial charge in [-0.15, -0.1) is 0 Å². The van der Waals surface area contributed by atoms with E-state index >= 15 is 0 Å². The molecule has 5 rings (SSSR count). The zero-order valence-electron chi connectivity index (χ0n) is 16.3. The molecule has 1 aliphatic heterocycles. The monoisotopic (exact) mass is 413 g/mol. The van der Waals surface area contributed by atoms with Gasteiger partial charge in [-0.2, -0.15) is 0 Å². The Morgan fingerprint density at radius 3 is 2.77 bits per heavy atom. The summed E-state index contributed by atoms with van der Waals surface area (Å²) in [7, 11) is 0. The summed E-state index contributed by atoms with van der Waals surface area (Å²) in [5.74, 6) is 0.0222. The van der Waals surface area contributed by atoms with Crippen molar-refractivity contribution in [2.45, 2.75) is 13.0 Å². The zero-order valence-corrected chi connectivity index (χ0v) is 17.1. The molecule has 4 aromatic rings. The van der Waals surface area contributed by atoms with E-state index in [-0.39, 0.29) is 5.91 Å². The van der Waals surface area contributed by atoms with Crippen LogP contribution >= 0.6 is 11.6 Å². The highest BCUT2D eigenvalue weighted by Gasteiger charge is 2.25. The summed E-state index contributed by atoms with van der Waals surface area (Å²) in [6, 6.07) is 25.7. The van der Waals surface area contributed by atoms with E-state index in [0.717, 1.165) is 34.3 Å². The maximum Gasteiger partial charge on any atom is 0.258 e. The molecule has 0 radical (unpaired) electrons. The molecule has 148 valence electrons. The summed E-state index contributed by atoms with van der Waals surface area (Å²) in [5, 5.41) is 4.92. The fraction of sp³-hybridized carbons (Fsp3) is 0.120. The molecule has 3 aromatic carbocycles. The van der Waals surface area contributed by atoms with Gasteiger partial charge in [0, 0.05) is 41.0 Å². The summed E-state index contributed by atoms with van der Waals surface area (Å²) >= 11 is 6.37. The Labute approximate surface area is 180 Å². The molecule has 5 heteroatoms. The maximum absolute atomic E-state index is 13.1. The number of anilines is 2. The van der Waals surface area contributed by atoms with Gasteiger partial charge in [0.1, 0.15) is 5.15 Å². The molecule has 1 aliphatic rings. The van der Waals surface area contributed by atoms with E-state index in [1.54, 1.807) is 0 Å². The van der Waals surface area contributed by atoms with E-state index in [4.69, 9.17) is 11.6 Å². The molecule has 4 nitrogen and oxygen atoms in total. The zero-order chi connectivity index (χ0) is 20.5. The van der Waals surface area contributed by atoms with Crippen molar-refractivity contribution in [2.75, 3.05) is 16.8 Å². The van der Waals surface area contributed by atoms with Crippen molar-refractivity contribution < 1.29 is 4.79 Å². The number of pyridine rings is 1. The van der Waals surface area contributed by atoms with E-state index < -0.39 is 0 Å². The second kappa shape index (κ2) is 7.81. The molecular formula is C25H20ClN3O. The van der Waals surface area contributed by atoms with Crippen LogP contribution in [0, 0.1) is 0 Å². The molecule has 30 heavy (non-hydrogen) atoms. The number of rotatable bonds is 4. The van der Waals surface area contributed by atoms with Crippen LogP contribution in [0.25, 0.3) is 10.9 Å². The van der Waals surface area contributed by atoms with Crippen molar-refractivity contribution in [3.05, 3.63) is 101 Å². The minimum absolute atomic E-state index is 0.0222. The molecule has 2 heterocycles. The Bertz CT molecular complexity index is 1250. The summed E-state index contributed by atoms with van der Waals surface area (Å²) in [4.78, 5) is 19.4. The first-order valence-corrected chi connectivity index (χ1v) is 10.3. The van der Waals surface area contributed by atoms with Crippen LogP contribution in [0.5, 0.6) is 0 Å². The van der Waals surface area contributed by atoms with Crippen LogP contribution in [0.4, 0.5) is 11.4 Å². The van der Waals surface area contributed by atoms with Crippen molar-refractivity contribution >= 4 is 39.8 Å². The van der Waals surface area contributed by atoms with Gasteiger partial charge >= 0.3 is 0 Å². The Morgan fingerprint density at radius 2 is 1.83 bits per heavy atom. The number of amides is 1. The number of halogens is 1. The molecule has 0 aliphatic carbocycles. The fourth-order valence-corrected chi connectivity index (χ4v) is 4.14. The van der Waals surface area contributed by atoms with Gasteiger partial charge in [-0.1, -0.05) is 54.1 Å². The topological polar surface area (TPSA) is 45.2 Å². The lowest BCUT2D eigenvalue weighted by Gasteiger charge is -2.18. The Hall–Kier alpha value is -3.37. The minimum Gasteiger partial charge on any atom is -0.381 e. The van der Waals surface area contributed by atoms with E-state index in [9.17, 15) is 4.79 Å². The number of nitrogens with one attached hydrogen (secondary N) is 1. The lowest BCUT2D eigenvalue weighted by atomic mass is 10.1. The van der Waals surface area contributed by atoms with Gasteiger partial charge in [0.15, 0.2) is 0 Å². The van der Waals surface area contributed by atoms with Gasteiger partial charge in [0.2, 0.25) is 0 Å². The second-order valence-corrected chi connectivity index (χ2v) is 7.76. The first-order valence-electron chi connectivity index (χ1n) is 9.97. The van der Waals surface area contributed by atoms with Crippen molar-refractivity contribution in [2.24, 2.45) is 0 Å². The molecule has 0 spiro atoms. The van der Waals surface area contributed by atoms with Gasteiger partial charge in [0.25, 0.3) is 5.91 Å². The summed E-state index contributed by atoms with van der Waals surface area (Å²) in [5.41, 5.74) is 5.57. The third kappa shape index (κ3) is 3.51. The minimum atomic E-state index is 0.0222. The van der Waals surface area contributed by atoms with Crippen LogP contribution in [0.15, 0.2) is 78.9 Å². The quantitative estimate of drug-likeness (QED) is 0.436. The van der Waals surface area contributed by atoms with Gasteiger partial charge in [0.05, 0.1) is 5.52 Å². The fourth-order valence-electron chi connectivity index (χ4n) is 3.92. The van der Waals surface area contributed by atoms with Crippen LogP contribution in [0.3, 0.4) is 0 Å². The standard InChI is InChI=1S/C25H20ClN3O/c26-24-20(14-18-7-1-3-10-22(18)28-24)16-27-21-9-5-8-19(15-21)25(30)29-13-12-17-6-2-4-11-23(17)29/h1-11,14-15,27H,12-13,16H2. The van der Waals surface area contributed by atoms with Crippen molar-refractivity contribution in [3.8, 4) is 0 Å². The molecular weight excluding hydrogens is 394 g/mol. The number of hydrogen-bond donors (Lipinski definition) is 1. The van der Waals surface area contributed by atoms with E-state index in [1.165, 1.54) is 5.56 Å². The maximum atomic E-state index is 13.1. The number of nitrogens with zero attached hydrogens (tertiary/aromatic N) is 2. The molecule has 1 amide bonds. The van der Waals surface area contributed by atoms with Gasteiger partial charge in [-0.05, 0) is 48.4 Å². The van der Waals surface area contributed by atoms with Crippen LogP contribution < -0.4 is 10.2 Å². The van der Waals surface area contributed by atoms with Crippen molar-refractivity contribution in [3.63, 3.8) is 0 Å². The second-order valence-electron chi connectivity index (χ2n) is 7.40. The lowest BCUT2D eigenvalue weighted by molar-refractivity contribution is 0.0989. The number of aromatic nitrogens is 1. The average molecular weight is 414 g/mol. The van der Waals surface area contributed by atoms with E-state index in [0.29, 0.717) is 23.8 Å². The van der Waals surface area contributed by atoms with E-state index in [1.807, 2.05) is 77.7 Å². The van der Waals surface area contributed by atoms with Crippen molar-refractivity contribution in [1.82, 2.24) is 4.98 Å². The first-order chi connectivity index (χ1) is 14.7. The Balaban J connectivity index is 1.35. The van der Waals surface area contributed by atoms with Crippen LogP contribution in [0.2, 0.25) is 5.15 Å². The number of fused-ring (bicyclic) bond motifs is 2. The molecule has 0 fully saturated rings. The lowest BCUT2D eigenvalue weighted by Crippen LogP contribution is -2.28. The third-order valence-electron chi connectivity index (χ3n) is 5.47. The van der Waals surface area contributed by atoms with Crippen LogP contribution in [0.1, 0.15) is 21.5 Å². The number of carbonyl (C=O) groups is 1. The Morgan fingerprint density at radius 1 is 1.00 bits per heavy atom. The Kier molecular flexibility index (Phi) is 4.85. The number of hydrogen-bond acceptors (Lipinski definition) is 3. The third-order valence-corrected chi connectivity index (χ3v) is 5.80. The van der Waals surface area contributed by atoms with Crippen LogP contribution in [-0.4, -0.2) is 17.4 Å². The molecule has 0 unspecified atom stereocenters. The summed E-state index contributed by atoms with van der Waals surface area (Å²) in [6.07, 6.45) is 0.896.